The lowest BCUT2D eigenvalue weighted by Gasteiger charge is -2.47. The van der Waals surface area contributed by atoms with Crippen molar-refractivity contribution in [2.45, 2.75) is 147 Å². The molecule has 3 aliphatic rings. The molecule has 4 rings (SSSR count). The molecule has 15 nitrogen and oxygen atoms in total. The van der Waals surface area contributed by atoms with Crippen molar-refractivity contribution in [3.05, 3.63) is 29.8 Å². The van der Waals surface area contributed by atoms with Crippen molar-refractivity contribution < 1.29 is 57.8 Å². The molecular formula is C40H65N3O12. The van der Waals surface area contributed by atoms with E-state index in [2.05, 4.69) is 5.32 Å². The molecule has 1 aromatic rings. The van der Waals surface area contributed by atoms with Crippen LogP contribution in [0.3, 0.4) is 0 Å². The number of cyclic esters (lactones) is 1. The van der Waals surface area contributed by atoms with Crippen LogP contribution in [-0.4, -0.2) is 139 Å². The van der Waals surface area contributed by atoms with Crippen LogP contribution in [0.4, 0.5) is 9.59 Å². The molecule has 3 fully saturated rings. The minimum atomic E-state index is -1.60. The fourth-order valence-electron chi connectivity index (χ4n) is 8.63. The highest BCUT2D eigenvalue weighted by Crippen LogP contribution is 2.40. The number of esters is 1. The Kier molecular flexibility index (Phi) is 14.9. The zero-order chi connectivity index (χ0) is 41.0. The van der Waals surface area contributed by atoms with E-state index >= 15 is 0 Å². The predicted octanol–water partition coefficient (Wildman–Crippen LogP) is 4.10. The van der Waals surface area contributed by atoms with E-state index in [1.165, 1.54) is 0 Å². The molecule has 3 N–H and O–H groups in total. The number of benzene rings is 1. The van der Waals surface area contributed by atoms with Crippen LogP contribution < -0.4 is 10.1 Å². The lowest BCUT2D eigenvalue weighted by atomic mass is 9.77. The van der Waals surface area contributed by atoms with Crippen molar-refractivity contribution in [3.63, 3.8) is 0 Å². The van der Waals surface area contributed by atoms with Crippen molar-refractivity contribution in [1.82, 2.24) is 15.1 Å². The largest absolute Gasteiger partial charge is 0.509 e. The molecule has 0 bridgehead atoms. The van der Waals surface area contributed by atoms with Gasteiger partial charge in [0.25, 0.3) is 0 Å². The number of fused-ring (bicyclic) bond motifs is 1. The van der Waals surface area contributed by atoms with Gasteiger partial charge in [0.1, 0.15) is 24.1 Å². The summed E-state index contributed by atoms with van der Waals surface area (Å²) in [5.74, 6) is -2.16. The summed E-state index contributed by atoms with van der Waals surface area (Å²) >= 11 is 0. The molecule has 0 radical (unpaired) electrons. The molecule has 0 aromatic heterocycles. The van der Waals surface area contributed by atoms with Gasteiger partial charge < -0.3 is 53.6 Å². The fraction of sp³-hybridized carbons (Fsp3) is 0.775. The Bertz CT molecular complexity index is 1440. The number of amides is 1. The molecule has 0 aliphatic carbocycles. The number of nitrogens with zero attached hydrogens (tertiary/aromatic N) is 2. The highest BCUT2D eigenvalue weighted by Gasteiger charge is 2.58. The van der Waals surface area contributed by atoms with Gasteiger partial charge in [-0.25, -0.2) is 9.59 Å². The number of aliphatic hydroxyl groups excluding tert-OH is 1. The van der Waals surface area contributed by atoms with Crippen molar-refractivity contribution in [1.29, 1.82) is 0 Å². The monoisotopic (exact) mass is 779 g/mol. The summed E-state index contributed by atoms with van der Waals surface area (Å²) in [7, 11) is 7.21. The smallest absolute Gasteiger partial charge is 0.497 e. The van der Waals surface area contributed by atoms with Gasteiger partial charge in [-0.05, 0) is 98.6 Å². The molecule has 312 valence electrons. The maximum Gasteiger partial charge on any atom is 0.509 e. The highest BCUT2D eigenvalue weighted by atomic mass is 16.8. The lowest BCUT2D eigenvalue weighted by Crippen LogP contribution is -2.59. The zero-order valence-corrected chi connectivity index (χ0v) is 34.6. The van der Waals surface area contributed by atoms with Gasteiger partial charge in [-0.3, -0.25) is 9.69 Å². The van der Waals surface area contributed by atoms with Crippen LogP contribution >= 0.6 is 0 Å². The van der Waals surface area contributed by atoms with Crippen LogP contribution in [0.1, 0.15) is 80.2 Å². The van der Waals surface area contributed by atoms with Gasteiger partial charge in [0, 0.05) is 31.1 Å². The third-order valence-electron chi connectivity index (χ3n) is 11.7. The van der Waals surface area contributed by atoms with E-state index in [0.717, 1.165) is 5.56 Å². The minimum absolute atomic E-state index is 0.124. The van der Waals surface area contributed by atoms with E-state index < -0.39 is 78.1 Å². The number of carbonyl (C=O) groups is 3. The Balaban J connectivity index is 1.76. The van der Waals surface area contributed by atoms with E-state index in [-0.39, 0.29) is 37.1 Å². The van der Waals surface area contributed by atoms with Crippen molar-refractivity contribution in [3.8, 4) is 5.75 Å². The first-order chi connectivity index (χ1) is 25.7. The summed E-state index contributed by atoms with van der Waals surface area (Å²) in [6.07, 6.45) is -7.12. The molecule has 3 saturated heterocycles. The second-order valence-corrected chi connectivity index (χ2v) is 16.6. The summed E-state index contributed by atoms with van der Waals surface area (Å²) in [6.45, 7) is 14.9. The Morgan fingerprint density at radius 2 is 1.73 bits per heavy atom. The highest BCUT2D eigenvalue weighted by molar-refractivity contribution is 5.74. The third-order valence-corrected chi connectivity index (χ3v) is 11.7. The first kappa shape index (κ1) is 44.5. The number of likely N-dealkylation sites (N-methyl/N-ethyl adjacent to an activating group) is 2. The molecule has 55 heavy (non-hydrogen) atoms. The van der Waals surface area contributed by atoms with Gasteiger partial charge in [-0.15, -0.1) is 0 Å². The first-order valence-electron chi connectivity index (χ1n) is 19.5. The Hall–Kier alpha value is -3.21. The number of hydrogen-bond acceptors (Lipinski definition) is 14. The molecule has 14 atom stereocenters. The summed E-state index contributed by atoms with van der Waals surface area (Å²) in [6, 6.07) is 6.50. The average Bonchev–Trinajstić information content (AvgIpc) is 3.44. The second-order valence-electron chi connectivity index (χ2n) is 16.6. The second kappa shape index (κ2) is 18.4. The van der Waals surface area contributed by atoms with Gasteiger partial charge in [-0.1, -0.05) is 32.9 Å². The molecule has 15 heteroatoms. The fourth-order valence-corrected chi connectivity index (χ4v) is 8.63. The van der Waals surface area contributed by atoms with Crippen LogP contribution in [0.5, 0.6) is 5.75 Å². The van der Waals surface area contributed by atoms with Gasteiger partial charge in [-0.2, -0.15) is 0 Å². The van der Waals surface area contributed by atoms with Crippen molar-refractivity contribution >= 4 is 18.2 Å². The van der Waals surface area contributed by atoms with E-state index in [4.69, 9.17) is 33.2 Å². The van der Waals surface area contributed by atoms with Crippen LogP contribution in [0.15, 0.2) is 24.3 Å². The van der Waals surface area contributed by atoms with E-state index in [0.29, 0.717) is 25.1 Å². The van der Waals surface area contributed by atoms with Crippen LogP contribution in [0.2, 0.25) is 0 Å². The van der Waals surface area contributed by atoms with E-state index in [9.17, 15) is 24.6 Å². The number of hydrogen-bond donors (Lipinski definition) is 3. The average molecular weight is 780 g/mol. The standard InChI is InChI=1S/C40H65N3O12/c1-13-30-40(8)34(54-38(47)55-40)26(6)43(11)21-22(2)19-39(7,48)33(53-36-31(44)29(42(9)10)18-23(3)50-36)24(4)32(25(5)35(45)51-30)52-37(46)41-20-27-14-16-28(49-12)17-15-27/h14-17,22-26,29-34,36,44,48H,13,18-21H2,1-12H3,(H,41,46)/t22-,23-,24+,25-,26-,29+,30-,31-,32+,33-,34-,36+,39-,40-/m1/s1. The molecule has 1 amide bonds. The van der Waals surface area contributed by atoms with Crippen molar-refractivity contribution in [2.75, 3.05) is 34.8 Å². The number of carbonyl (C=O) groups excluding carboxylic acids is 3. The van der Waals surface area contributed by atoms with E-state index in [1.54, 1.807) is 46.9 Å². The number of rotatable bonds is 8. The summed E-state index contributed by atoms with van der Waals surface area (Å²) < 4.78 is 41.9. The van der Waals surface area contributed by atoms with Crippen LogP contribution in [0, 0.1) is 17.8 Å². The summed E-state index contributed by atoms with van der Waals surface area (Å²) in [4.78, 5) is 44.5. The molecule has 0 saturated carbocycles. The molecule has 3 heterocycles. The topological polar surface area (TPSA) is 175 Å². The molecule has 1 aromatic carbocycles. The normalized spacial score (nSPS) is 39.5. The van der Waals surface area contributed by atoms with Gasteiger partial charge in [0.15, 0.2) is 18.0 Å². The minimum Gasteiger partial charge on any atom is -0.497 e. The number of alkyl carbamates (subject to hydrolysis) is 1. The molecule has 3 aliphatic heterocycles. The Morgan fingerprint density at radius 3 is 2.33 bits per heavy atom. The van der Waals surface area contributed by atoms with E-state index in [1.807, 2.05) is 70.8 Å². The molecule has 0 spiro atoms. The molecular weight excluding hydrogens is 714 g/mol. The number of aliphatic hydroxyl groups is 2. The van der Waals surface area contributed by atoms with Crippen molar-refractivity contribution in [2.24, 2.45) is 17.8 Å². The SMILES string of the molecule is CC[C@H]1OC(=O)[C@H](C)[C@@H](OC(=O)NCc2ccc(OC)cc2)[C@H](C)[C@@H](O[C@@H]2O[C@H](C)C[C@H](N(C)C)[C@H]2O)[C@](C)(O)C[C@@H](C)CN(C)[C@H](C)[C@H]2OC(=O)O[C@@]21C. The number of ether oxygens (including phenoxy) is 7. The van der Waals surface area contributed by atoms with Crippen LogP contribution in [-0.2, 0) is 39.8 Å². The third kappa shape index (κ3) is 10.4. The van der Waals surface area contributed by atoms with Gasteiger partial charge in [0.05, 0.1) is 30.8 Å². The quantitative estimate of drug-likeness (QED) is 0.254. The number of methoxy groups -OCH3 is 1. The summed E-state index contributed by atoms with van der Waals surface area (Å²) in [5, 5.41) is 26.8. The zero-order valence-electron chi connectivity index (χ0n) is 34.6. The first-order valence-corrected chi connectivity index (χ1v) is 19.5. The maximum atomic E-state index is 14.3. The van der Waals surface area contributed by atoms with Gasteiger partial charge in [0.2, 0.25) is 0 Å². The lowest BCUT2D eigenvalue weighted by molar-refractivity contribution is -0.299. The Morgan fingerprint density at radius 1 is 1.07 bits per heavy atom. The Labute approximate surface area is 326 Å². The predicted molar refractivity (Wildman–Crippen MR) is 202 cm³/mol. The summed E-state index contributed by atoms with van der Waals surface area (Å²) in [5.41, 5.74) is -2.15. The van der Waals surface area contributed by atoms with Crippen LogP contribution in [0.25, 0.3) is 0 Å². The maximum absolute atomic E-state index is 14.3. The van der Waals surface area contributed by atoms with Gasteiger partial charge >= 0.3 is 18.2 Å². The molecule has 0 unspecified atom stereocenters. The number of nitrogens with one attached hydrogen (secondary N) is 1.